The third-order valence-corrected chi connectivity index (χ3v) is 2.95. The Morgan fingerprint density at radius 2 is 2.31 bits per heavy atom. The quantitative estimate of drug-likeness (QED) is 0.786. The lowest BCUT2D eigenvalue weighted by Crippen LogP contribution is -2.27. The van der Waals surface area contributed by atoms with Crippen LogP contribution in [0.2, 0.25) is 0 Å². The van der Waals surface area contributed by atoms with Crippen LogP contribution in [0.1, 0.15) is 22.3 Å². The Hall–Kier alpha value is -1.55. The van der Waals surface area contributed by atoms with E-state index in [1.54, 1.807) is 6.07 Å². The van der Waals surface area contributed by atoms with Gasteiger partial charge < -0.3 is 15.7 Å². The first-order chi connectivity index (χ1) is 7.58. The molecule has 4 nitrogen and oxygen atoms in total. The molecule has 0 aromatic heterocycles. The molecule has 1 aromatic carbocycles. The molecule has 1 saturated heterocycles. The lowest BCUT2D eigenvalue weighted by Gasteiger charge is -2.20. The number of nitrogens with two attached hydrogens (primary N) is 1. The third-order valence-electron chi connectivity index (χ3n) is 2.95. The number of hydrogen-bond donors (Lipinski definition) is 2. The number of nitrogens with zero attached hydrogens (tertiary/aromatic N) is 1. The summed E-state index contributed by atoms with van der Waals surface area (Å²) in [6.07, 6.45) is 0.924. The molecule has 1 fully saturated rings. The Morgan fingerprint density at radius 1 is 1.56 bits per heavy atom. The lowest BCUT2D eigenvalue weighted by atomic mass is 10.1. The summed E-state index contributed by atoms with van der Waals surface area (Å²) >= 11 is 0. The molecule has 16 heavy (non-hydrogen) atoms. The third kappa shape index (κ3) is 2.02. The fourth-order valence-corrected chi connectivity index (χ4v) is 2.10. The number of aromatic carboxylic acids is 1. The van der Waals surface area contributed by atoms with Crippen molar-refractivity contribution < 1.29 is 9.90 Å². The molecular formula is C12H16N2O2. The van der Waals surface area contributed by atoms with Gasteiger partial charge in [0.25, 0.3) is 0 Å². The molecule has 0 aliphatic carbocycles. The molecule has 1 heterocycles. The highest BCUT2D eigenvalue weighted by atomic mass is 16.4. The van der Waals surface area contributed by atoms with E-state index in [2.05, 4.69) is 0 Å². The van der Waals surface area contributed by atoms with Crippen molar-refractivity contribution in [3.8, 4) is 0 Å². The number of carbonyl (C=O) groups is 1. The molecule has 0 spiro atoms. The highest BCUT2D eigenvalue weighted by molar-refractivity contribution is 5.94. The molecule has 1 aliphatic heterocycles. The standard InChI is InChI=1S/C12H16N2O2/c1-8-2-3-11(10(6-8)12(15)16)14-5-4-9(13)7-14/h2-3,6,9H,4-5,7,13H2,1H3,(H,15,16). The monoisotopic (exact) mass is 220 g/mol. The molecule has 0 radical (unpaired) electrons. The topological polar surface area (TPSA) is 66.6 Å². The fourth-order valence-electron chi connectivity index (χ4n) is 2.10. The SMILES string of the molecule is Cc1ccc(N2CCC(N)C2)c(C(=O)O)c1. The molecule has 86 valence electrons. The van der Waals surface area contributed by atoms with Crippen molar-refractivity contribution in [2.45, 2.75) is 19.4 Å². The van der Waals surface area contributed by atoms with Crippen LogP contribution in [0.15, 0.2) is 18.2 Å². The summed E-state index contributed by atoms with van der Waals surface area (Å²) in [5.41, 5.74) is 7.95. The van der Waals surface area contributed by atoms with E-state index in [-0.39, 0.29) is 6.04 Å². The van der Waals surface area contributed by atoms with Crippen molar-refractivity contribution in [2.75, 3.05) is 18.0 Å². The van der Waals surface area contributed by atoms with Gasteiger partial charge in [0.15, 0.2) is 0 Å². The van der Waals surface area contributed by atoms with E-state index >= 15 is 0 Å². The Kier molecular flexibility index (Phi) is 2.83. The van der Waals surface area contributed by atoms with Gasteiger partial charge in [0.05, 0.1) is 11.3 Å². The summed E-state index contributed by atoms with van der Waals surface area (Å²) in [4.78, 5) is 13.2. The normalized spacial score (nSPS) is 20.1. The van der Waals surface area contributed by atoms with Crippen molar-refractivity contribution in [1.29, 1.82) is 0 Å². The Balaban J connectivity index is 2.36. The summed E-state index contributed by atoms with van der Waals surface area (Å²) in [7, 11) is 0. The maximum atomic E-state index is 11.2. The second-order valence-electron chi connectivity index (χ2n) is 4.32. The highest BCUT2D eigenvalue weighted by Crippen LogP contribution is 2.25. The summed E-state index contributed by atoms with van der Waals surface area (Å²) in [5, 5.41) is 9.16. The van der Waals surface area contributed by atoms with Crippen LogP contribution in [0.5, 0.6) is 0 Å². The maximum Gasteiger partial charge on any atom is 0.337 e. The van der Waals surface area contributed by atoms with Gasteiger partial charge in [-0.1, -0.05) is 11.6 Å². The van der Waals surface area contributed by atoms with E-state index in [0.29, 0.717) is 5.56 Å². The molecule has 4 heteroatoms. The zero-order valence-electron chi connectivity index (χ0n) is 9.31. The average molecular weight is 220 g/mol. The number of rotatable bonds is 2. The van der Waals surface area contributed by atoms with Crippen molar-refractivity contribution in [2.24, 2.45) is 5.73 Å². The molecular weight excluding hydrogens is 204 g/mol. The summed E-state index contributed by atoms with van der Waals surface area (Å²) in [5.74, 6) is -0.876. The molecule has 0 saturated carbocycles. The zero-order chi connectivity index (χ0) is 11.7. The average Bonchev–Trinajstić information content (AvgIpc) is 2.64. The second kappa shape index (κ2) is 4.14. The minimum atomic E-state index is -0.876. The van der Waals surface area contributed by atoms with Crippen LogP contribution in [0, 0.1) is 6.92 Å². The van der Waals surface area contributed by atoms with E-state index in [9.17, 15) is 4.79 Å². The van der Waals surface area contributed by atoms with Crippen LogP contribution in [0.4, 0.5) is 5.69 Å². The van der Waals surface area contributed by atoms with Gasteiger partial charge in [-0.15, -0.1) is 0 Å². The molecule has 1 aliphatic rings. The minimum absolute atomic E-state index is 0.156. The largest absolute Gasteiger partial charge is 0.478 e. The van der Waals surface area contributed by atoms with Gasteiger partial charge in [0.2, 0.25) is 0 Å². The molecule has 0 amide bonds. The molecule has 1 unspecified atom stereocenters. The second-order valence-corrected chi connectivity index (χ2v) is 4.32. The number of carboxylic acids is 1. The number of benzene rings is 1. The van der Waals surface area contributed by atoms with Gasteiger partial charge in [0.1, 0.15) is 0 Å². The van der Waals surface area contributed by atoms with E-state index in [4.69, 9.17) is 10.8 Å². The van der Waals surface area contributed by atoms with Crippen LogP contribution in [0.3, 0.4) is 0 Å². The summed E-state index contributed by atoms with van der Waals surface area (Å²) < 4.78 is 0. The Bertz CT molecular complexity index is 417. The highest BCUT2D eigenvalue weighted by Gasteiger charge is 2.23. The Labute approximate surface area is 94.7 Å². The van der Waals surface area contributed by atoms with Crippen molar-refractivity contribution in [1.82, 2.24) is 0 Å². The molecule has 1 atom stereocenters. The summed E-state index contributed by atoms with van der Waals surface area (Å²) in [6.45, 7) is 3.47. The predicted octanol–water partition coefficient (Wildman–Crippen LogP) is 1.23. The minimum Gasteiger partial charge on any atom is -0.478 e. The molecule has 1 aromatic rings. The van der Waals surface area contributed by atoms with E-state index in [0.717, 1.165) is 30.8 Å². The summed E-state index contributed by atoms with van der Waals surface area (Å²) in [6, 6.07) is 5.67. The number of anilines is 1. The van der Waals surface area contributed by atoms with E-state index in [1.165, 1.54) is 0 Å². The molecule has 3 N–H and O–H groups in total. The zero-order valence-corrected chi connectivity index (χ0v) is 9.31. The van der Waals surface area contributed by atoms with Gasteiger partial charge in [-0.2, -0.15) is 0 Å². The molecule has 2 rings (SSSR count). The van der Waals surface area contributed by atoms with Gasteiger partial charge in [-0.05, 0) is 25.5 Å². The first-order valence-electron chi connectivity index (χ1n) is 5.42. The van der Waals surface area contributed by atoms with Crippen LogP contribution >= 0.6 is 0 Å². The van der Waals surface area contributed by atoms with Crippen LogP contribution in [-0.4, -0.2) is 30.2 Å². The van der Waals surface area contributed by atoms with Crippen molar-refractivity contribution >= 4 is 11.7 Å². The van der Waals surface area contributed by atoms with E-state index in [1.807, 2.05) is 24.0 Å². The number of hydrogen-bond acceptors (Lipinski definition) is 3. The number of carboxylic acid groups (broad SMARTS) is 1. The predicted molar refractivity (Wildman–Crippen MR) is 62.9 cm³/mol. The Morgan fingerprint density at radius 3 is 2.88 bits per heavy atom. The van der Waals surface area contributed by atoms with Gasteiger partial charge >= 0.3 is 5.97 Å². The van der Waals surface area contributed by atoms with Crippen LogP contribution in [-0.2, 0) is 0 Å². The van der Waals surface area contributed by atoms with Crippen molar-refractivity contribution in [3.63, 3.8) is 0 Å². The fraction of sp³-hybridized carbons (Fsp3) is 0.417. The van der Waals surface area contributed by atoms with Crippen LogP contribution in [0.25, 0.3) is 0 Å². The van der Waals surface area contributed by atoms with E-state index < -0.39 is 5.97 Å². The van der Waals surface area contributed by atoms with Gasteiger partial charge in [0, 0.05) is 19.1 Å². The number of aryl methyl sites for hydroxylation is 1. The smallest absolute Gasteiger partial charge is 0.337 e. The van der Waals surface area contributed by atoms with Gasteiger partial charge in [-0.25, -0.2) is 4.79 Å². The first kappa shape index (κ1) is 11.0. The van der Waals surface area contributed by atoms with Crippen LogP contribution < -0.4 is 10.6 Å². The van der Waals surface area contributed by atoms with Crippen molar-refractivity contribution in [3.05, 3.63) is 29.3 Å². The first-order valence-corrected chi connectivity index (χ1v) is 5.42. The van der Waals surface area contributed by atoms with Gasteiger partial charge in [-0.3, -0.25) is 0 Å². The maximum absolute atomic E-state index is 11.2. The lowest BCUT2D eigenvalue weighted by molar-refractivity contribution is 0.0697. The molecule has 0 bridgehead atoms.